The summed E-state index contributed by atoms with van der Waals surface area (Å²) in [5.74, 6) is -0.796. The average molecular weight is 385 g/mol. The van der Waals surface area contributed by atoms with Crippen LogP contribution in [-0.4, -0.2) is 41.8 Å². The predicted molar refractivity (Wildman–Crippen MR) is 92.1 cm³/mol. The van der Waals surface area contributed by atoms with E-state index in [4.69, 9.17) is 11.6 Å². The summed E-state index contributed by atoms with van der Waals surface area (Å²) < 4.78 is 36.1. The molecule has 0 spiro atoms. The third kappa shape index (κ3) is 4.43. The van der Waals surface area contributed by atoms with Crippen LogP contribution in [0.1, 0.15) is 16.9 Å². The molecule has 2 heterocycles. The molecule has 0 bridgehead atoms. The van der Waals surface area contributed by atoms with Crippen LogP contribution in [0, 0.1) is 5.82 Å². The molecule has 1 unspecified atom stereocenters. The van der Waals surface area contributed by atoms with Crippen LogP contribution < -0.4 is 10.6 Å². The fraction of sp³-hybridized carbons (Fsp3) is 0.267. The molecular formula is C15H14ClFN4O3S. The molecule has 2 N–H and O–H groups in total. The van der Waals surface area contributed by atoms with E-state index in [2.05, 4.69) is 20.6 Å². The number of nitrogens with one attached hydrogen (secondary N) is 2. The van der Waals surface area contributed by atoms with Crippen molar-refractivity contribution < 1.29 is 17.6 Å². The van der Waals surface area contributed by atoms with Crippen molar-refractivity contribution in [2.75, 3.05) is 22.1 Å². The number of benzene rings is 1. The molecule has 132 valence electrons. The van der Waals surface area contributed by atoms with E-state index in [1.165, 1.54) is 24.4 Å². The Morgan fingerprint density at radius 2 is 2.12 bits per heavy atom. The van der Waals surface area contributed by atoms with Gasteiger partial charge < -0.3 is 10.6 Å². The number of aromatic nitrogens is 2. The third-order valence-corrected chi connectivity index (χ3v) is 5.69. The normalized spacial score (nSPS) is 18.7. The highest BCUT2D eigenvalue weighted by atomic mass is 35.5. The van der Waals surface area contributed by atoms with Gasteiger partial charge in [0.2, 0.25) is 5.95 Å². The van der Waals surface area contributed by atoms with Crippen molar-refractivity contribution in [1.29, 1.82) is 0 Å². The number of anilines is 2. The van der Waals surface area contributed by atoms with Gasteiger partial charge >= 0.3 is 0 Å². The van der Waals surface area contributed by atoms with Crippen LogP contribution in [0.3, 0.4) is 0 Å². The quantitative estimate of drug-likeness (QED) is 0.837. The molecule has 1 aromatic heterocycles. The third-order valence-electron chi connectivity index (χ3n) is 3.63. The smallest absolute Gasteiger partial charge is 0.274 e. The molecular weight excluding hydrogens is 371 g/mol. The molecule has 1 fully saturated rings. The molecule has 3 rings (SSSR count). The van der Waals surface area contributed by atoms with Gasteiger partial charge in [-0.05, 0) is 30.7 Å². The van der Waals surface area contributed by atoms with Crippen LogP contribution in [-0.2, 0) is 9.84 Å². The molecule has 7 nitrogen and oxygen atoms in total. The SMILES string of the molecule is O=C(Nc1ccc(F)c(Cl)c1)c1ccnc(NC2CCS(=O)(=O)C2)n1. The number of sulfone groups is 1. The number of rotatable bonds is 4. The van der Waals surface area contributed by atoms with Gasteiger partial charge in [0, 0.05) is 17.9 Å². The minimum absolute atomic E-state index is 0.0147. The van der Waals surface area contributed by atoms with Crippen LogP contribution >= 0.6 is 11.6 Å². The second kappa shape index (κ2) is 6.93. The van der Waals surface area contributed by atoms with E-state index >= 15 is 0 Å². The summed E-state index contributed by atoms with van der Waals surface area (Å²) in [6, 6.07) is 4.95. The van der Waals surface area contributed by atoms with Crippen LogP contribution in [0.15, 0.2) is 30.5 Å². The van der Waals surface area contributed by atoms with Crippen LogP contribution in [0.5, 0.6) is 0 Å². The van der Waals surface area contributed by atoms with Crippen molar-refractivity contribution in [2.45, 2.75) is 12.5 Å². The van der Waals surface area contributed by atoms with Crippen molar-refractivity contribution in [3.8, 4) is 0 Å². The number of carbonyl (C=O) groups is 1. The number of hydrogen-bond acceptors (Lipinski definition) is 6. The van der Waals surface area contributed by atoms with Crippen molar-refractivity contribution in [3.05, 3.63) is 47.0 Å². The lowest BCUT2D eigenvalue weighted by Gasteiger charge is -2.11. The molecule has 1 aromatic carbocycles. The first-order chi connectivity index (χ1) is 11.8. The molecule has 2 aromatic rings. The lowest BCUT2D eigenvalue weighted by molar-refractivity contribution is 0.102. The lowest BCUT2D eigenvalue weighted by Crippen LogP contribution is -2.23. The second-order valence-electron chi connectivity index (χ2n) is 5.59. The van der Waals surface area contributed by atoms with Gasteiger partial charge in [0.1, 0.15) is 11.5 Å². The van der Waals surface area contributed by atoms with Gasteiger partial charge in [-0.1, -0.05) is 11.6 Å². The Labute approximate surface area is 148 Å². The lowest BCUT2D eigenvalue weighted by atomic mass is 10.3. The number of amides is 1. The maximum atomic E-state index is 13.1. The molecule has 1 saturated heterocycles. The minimum atomic E-state index is -3.03. The standard InChI is InChI=1S/C15H14ClFN4O3S/c16-11-7-9(1-2-12(11)17)19-14(22)13-3-5-18-15(21-13)20-10-4-6-25(23,24)8-10/h1-3,5,7,10H,4,6,8H2,(H,19,22)(H,18,20,21). The Bertz CT molecular complexity index is 923. The number of nitrogens with zero attached hydrogens (tertiary/aromatic N) is 2. The topological polar surface area (TPSA) is 101 Å². The highest BCUT2D eigenvalue weighted by Gasteiger charge is 2.28. The monoisotopic (exact) mass is 384 g/mol. The van der Waals surface area contributed by atoms with Gasteiger partial charge in [-0.25, -0.2) is 22.8 Å². The van der Waals surface area contributed by atoms with Gasteiger partial charge in [0.15, 0.2) is 9.84 Å². The average Bonchev–Trinajstić information content (AvgIpc) is 2.90. The number of halogens is 2. The van der Waals surface area contributed by atoms with Crippen LogP contribution in [0.2, 0.25) is 5.02 Å². The fourth-order valence-corrected chi connectivity index (χ4v) is 4.27. The second-order valence-corrected chi connectivity index (χ2v) is 8.23. The first-order valence-corrected chi connectivity index (χ1v) is 9.59. The highest BCUT2D eigenvalue weighted by Crippen LogP contribution is 2.20. The number of carbonyl (C=O) groups excluding carboxylic acids is 1. The van der Waals surface area contributed by atoms with E-state index in [1.807, 2.05) is 0 Å². The van der Waals surface area contributed by atoms with Crippen molar-refractivity contribution >= 4 is 39.0 Å². The molecule has 1 amide bonds. The summed E-state index contributed by atoms with van der Waals surface area (Å²) in [5.41, 5.74) is 0.408. The van der Waals surface area contributed by atoms with Gasteiger partial charge in [-0.2, -0.15) is 0 Å². The van der Waals surface area contributed by atoms with E-state index in [0.717, 1.165) is 6.07 Å². The minimum Gasteiger partial charge on any atom is -0.350 e. The van der Waals surface area contributed by atoms with Crippen molar-refractivity contribution in [1.82, 2.24) is 9.97 Å². The van der Waals surface area contributed by atoms with Crippen molar-refractivity contribution in [2.24, 2.45) is 0 Å². The number of hydrogen-bond donors (Lipinski definition) is 2. The molecule has 10 heteroatoms. The van der Waals surface area contributed by atoms with Gasteiger partial charge in [0.05, 0.1) is 16.5 Å². The Morgan fingerprint density at radius 1 is 1.32 bits per heavy atom. The van der Waals surface area contributed by atoms with E-state index < -0.39 is 21.6 Å². The summed E-state index contributed by atoms with van der Waals surface area (Å²) in [4.78, 5) is 20.3. The van der Waals surface area contributed by atoms with Gasteiger partial charge in [-0.15, -0.1) is 0 Å². The first-order valence-electron chi connectivity index (χ1n) is 7.39. The van der Waals surface area contributed by atoms with Crippen LogP contribution in [0.4, 0.5) is 16.0 Å². The zero-order valence-electron chi connectivity index (χ0n) is 12.9. The fourth-order valence-electron chi connectivity index (χ4n) is 2.42. The predicted octanol–water partition coefficient (Wildman–Crippen LogP) is 2.12. The Kier molecular flexibility index (Phi) is 4.87. The Balaban J connectivity index is 1.70. The summed E-state index contributed by atoms with van der Waals surface area (Å²) in [5, 5.41) is 5.37. The maximum Gasteiger partial charge on any atom is 0.274 e. The Morgan fingerprint density at radius 3 is 2.80 bits per heavy atom. The molecule has 25 heavy (non-hydrogen) atoms. The van der Waals surface area contributed by atoms with E-state index in [1.54, 1.807) is 0 Å². The largest absolute Gasteiger partial charge is 0.350 e. The summed E-state index contributed by atoms with van der Waals surface area (Å²) in [6.07, 6.45) is 1.86. The molecule has 1 aliphatic heterocycles. The zero-order valence-corrected chi connectivity index (χ0v) is 14.4. The molecule has 0 aliphatic carbocycles. The van der Waals surface area contributed by atoms with Gasteiger partial charge in [-0.3, -0.25) is 4.79 Å². The summed E-state index contributed by atoms with van der Waals surface area (Å²) in [6.45, 7) is 0. The highest BCUT2D eigenvalue weighted by molar-refractivity contribution is 7.91. The molecule has 1 aliphatic rings. The van der Waals surface area contributed by atoms with E-state index in [-0.39, 0.29) is 34.2 Å². The molecule has 0 saturated carbocycles. The van der Waals surface area contributed by atoms with E-state index in [0.29, 0.717) is 12.1 Å². The zero-order chi connectivity index (χ0) is 18.0. The van der Waals surface area contributed by atoms with E-state index in [9.17, 15) is 17.6 Å². The molecule has 1 atom stereocenters. The van der Waals surface area contributed by atoms with Crippen molar-refractivity contribution in [3.63, 3.8) is 0 Å². The maximum absolute atomic E-state index is 13.1. The molecule has 0 radical (unpaired) electrons. The Hall–Kier alpha value is -2.26. The summed E-state index contributed by atoms with van der Waals surface area (Å²) >= 11 is 5.68. The van der Waals surface area contributed by atoms with Crippen LogP contribution in [0.25, 0.3) is 0 Å². The van der Waals surface area contributed by atoms with Gasteiger partial charge in [0.25, 0.3) is 5.91 Å². The first kappa shape index (κ1) is 17.6. The summed E-state index contributed by atoms with van der Waals surface area (Å²) in [7, 11) is -3.03.